The van der Waals surface area contributed by atoms with Crippen molar-refractivity contribution in [2.75, 3.05) is 26.2 Å². The van der Waals surface area contributed by atoms with E-state index in [4.69, 9.17) is 5.73 Å². The highest BCUT2D eigenvalue weighted by Crippen LogP contribution is 2.32. The lowest BCUT2D eigenvalue weighted by molar-refractivity contribution is -0.124. The highest BCUT2D eigenvalue weighted by atomic mass is 32.2. The first-order valence-corrected chi connectivity index (χ1v) is 11.7. The summed E-state index contributed by atoms with van der Waals surface area (Å²) < 4.78 is 28.6. The van der Waals surface area contributed by atoms with Crippen LogP contribution in [0.1, 0.15) is 39.4 Å². The molecular formula is C23H31N3O3S. The van der Waals surface area contributed by atoms with Gasteiger partial charge in [-0.05, 0) is 68.0 Å². The maximum Gasteiger partial charge on any atom is 0.243 e. The van der Waals surface area contributed by atoms with E-state index in [2.05, 4.69) is 0 Å². The van der Waals surface area contributed by atoms with E-state index in [1.807, 2.05) is 69.9 Å². The van der Waals surface area contributed by atoms with Crippen molar-refractivity contribution in [3.63, 3.8) is 0 Å². The molecule has 2 aromatic carbocycles. The molecule has 0 spiro atoms. The van der Waals surface area contributed by atoms with E-state index in [0.29, 0.717) is 31.1 Å². The molecule has 1 aliphatic rings. The normalized spacial score (nSPS) is 17.1. The summed E-state index contributed by atoms with van der Waals surface area (Å²) in [6.45, 7) is 11.3. The van der Waals surface area contributed by atoms with Crippen molar-refractivity contribution < 1.29 is 13.2 Å². The van der Waals surface area contributed by atoms with E-state index < -0.39 is 22.0 Å². The van der Waals surface area contributed by atoms with Gasteiger partial charge in [0.15, 0.2) is 0 Å². The molecule has 6 nitrogen and oxygen atoms in total. The first-order valence-electron chi connectivity index (χ1n) is 10.2. The van der Waals surface area contributed by atoms with Gasteiger partial charge >= 0.3 is 0 Å². The molecule has 1 heterocycles. The summed E-state index contributed by atoms with van der Waals surface area (Å²) in [7, 11) is -3.63. The molecule has 0 aromatic heterocycles. The Hall–Kier alpha value is -2.22. The summed E-state index contributed by atoms with van der Waals surface area (Å²) in [5.74, 6) is -0.422. The maximum absolute atomic E-state index is 13.5. The van der Waals surface area contributed by atoms with Gasteiger partial charge in [-0.1, -0.05) is 30.3 Å². The molecule has 1 saturated heterocycles. The van der Waals surface area contributed by atoms with Crippen LogP contribution in [0, 0.1) is 34.6 Å². The molecular weight excluding hydrogens is 398 g/mol. The zero-order valence-corrected chi connectivity index (χ0v) is 19.2. The van der Waals surface area contributed by atoms with Crippen molar-refractivity contribution >= 4 is 15.9 Å². The summed E-state index contributed by atoms with van der Waals surface area (Å²) in [6.07, 6.45) is 0. The Balaban J connectivity index is 1.87. The van der Waals surface area contributed by atoms with Crippen molar-refractivity contribution in [1.29, 1.82) is 0 Å². The van der Waals surface area contributed by atoms with Crippen LogP contribution in [0.3, 0.4) is 0 Å². The predicted octanol–water partition coefficient (Wildman–Crippen LogP) is 2.76. The maximum atomic E-state index is 13.5. The Bertz CT molecular complexity index is 1030. The average molecular weight is 430 g/mol. The van der Waals surface area contributed by atoms with Crippen LogP contribution in [-0.4, -0.2) is 49.7 Å². The van der Waals surface area contributed by atoms with Crippen LogP contribution in [-0.2, 0) is 14.8 Å². The molecule has 7 heteroatoms. The molecule has 0 aliphatic carbocycles. The lowest BCUT2D eigenvalue weighted by Crippen LogP contribution is -2.52. The van der Waals surface area contributed by atoms with Crippen molar-refractivity contribution in [2.45, 2.75) is 45.6 Å². The minimum atomic E-state index is -3.63. The van der Waals surface area contributed by atoms with E-state index in [9.17, 15) is 13.2 Å². The molecule has 30 heavy (non-hydrogen) atoms. The average Bonchev–Trinajstić information content (AvgIpc) is 2.72. The summed E-state index contributed by atoms with van der Waals surface area (Å²) in [5.41, 5.74) is 11.3. The SMILES string of the molecule is Cc1c(C)c(C)c(S(=O)(=O)N2CCN([C@@H](C(N)=O)c3ccccc3)CC2)c(C)c1C. The minimum absolute atomic E-state index is 0.323. The van der Waals surface area contributed by atoms with Crippen LogP contribution in [0.4, 0.5) is 0 Å². The fourth-order valence-corrected chi connectivity index (χ4v) is 6.36. The van der Waals surface area contributed by atoms with Crippen LogP contribution in [0.15, 0.2) is 35.2 Å². The standard InChI is InChI=1S/C23H31N3O3S/c1-15-16(2)18(4)22(19(5)17(15)3)30(28,29)26-13-11-25(12-14-26)21(23(24)27)20-9-7-6-8-10-20/h6-10,21H,11-14H2,1-5H3,(H2,24,27)/t21-/m1/s1. The Morgan fingerprint density at radius 1 is 0.833 bits per heavy atom. The Labute approximate surface area is 179 Å². The van der Waals surface area contributed by atoms with E-state index >= 15 is 0 Å². The molecule has 0 unspecified atom stereocenters. The highest BCUT2D eigenvalue weighted by Gasteiger charge is 2.35. The quantitative estimate of drug-likeness (QED) is 0.792. The number of carbonyl (C=O) groups excluding carboxylic acids is 1. The van der Waals surface area contributed by atoms with Crippen LogP contribution < -0.4 is 5.73 Å². The molecule has 1 atom stereocenters. The first-order chi connectivity index (χ1) is 14.1. The van der Waals surface area contributed by atoms with Crippen LogP contribution in [0.5, 0.6) is 0 Å². The molecule has 1 amide bonds. The van der Waals surface area contributed by atoms with Gasteiger partial charge in [-0.25, -0.2) is 8.42 Å². The largest absolute Gasteiger partial charge is 0.368 e. The first kappa shape index (κ1) is 22.5. The summed E-state index contributed by atoms with van der Waals surface area (Å²) in [4.78, 5) is 14.5. The number of rotatable bonds is 5. The van der Waals surface area contributed by atoms with Gasteiger partial charge in [-0.3, -0.25) is 9.69 Å². The van der Waals surface area contributed by atoms with Gasteiger partial charge in [-0.2, -0.15) is 4.31 Å². The predicted molar refractivity (Wildman–Crippen MR) is 119 cm³/mol. The fourth-order valence-electron chi connectivity index (χ4n) is 4.37. The van der Waals surface area contributed by atoms with Crippen molar-refractivity contribution in [1.82, 2.24) is 9.21 Å². The second-order valence-electron chi connectivity index (χ2n) is 8.11. The van der Waals surface area contributed by atoms with Crippen LogP contribution >= 0.6 is 0 Å². The Morgan fingerprint density at radius 3 is 1.77 bits per heavy atom. The zero-order chi connectivity index (χ0) is 22.2. The van der Waals surface area contributed by atoms with Gasteiger partial charge in [0, 0.05) is 26.2 Å². The van der Waals surface area contributed by atoms with Crippen LogP contribution in [0.25, 0.3) is 0 Å². The number of amides is 1. The molecule has 1 aliphatic heterocycles. The third kappa shape index (κ3) is 3.89. The summed E-state index contributed by atoms with van der Waals surface area (Å²) >= 11 is 0. The lowest BCUT2D eigenvalue weighted by atomic mass is 9.95. The smallest absolute Gasteiger partial charge is 0.243 e. The molecule has 162 valence electrons. The number of carbonyl (C=O) groups is 1. The Morgan fingerprint density at radius 2 is 1.30 bits per heavy atom. The van der Waals surface area contributed by atoms with E-state index in [1.54, 1.807) is 0 Å². The highest BCUT2D eigenvalue weighted by molar-refractivity contribution is 7.89. The topological polar surface area (TPSA) is 83.7 Å². The number of hydrogen-bond acceptors (Lipinski definition) is 4. The van der Waals surface area contributed by atoms with Crippen molar-refractivity contribution in [3.8, 4) is 0 Å². The summed E-state index contributed by atoms with van der Waals surface area (Å²) in [5, 5.41) is 0. The molecule has 0 bridgehead atoms. The number of benzene rings is 2. The minimum Gasteiger partial charge on any atom is -0.368 e. The third-order valence-electron chi connectivity index (χ3n) is 6.55. The molecule has 3 rings (SSSR count). The van der Waals surface area contributed by atoms with Crippen LogP contribution in [0.2, 0.25) is 0 Å². The molecule has 0 radical (unpaired) electrons. The number of sulfonamides is 1. The third-order valence-corrected chi connectivity index (χ3v) is 8.73. The van der Waals surface area contributed by atoms with Crippen molar-refractivity contribution in [3.05, 3.63) is 63.7 Å². The zero-order valence-electron chi connectivity index (χ0n) is 18.4. The lowest BCUT2D eigenvalue weighted by Gasteiger charge is -2.38. The number of piperazine rings is 1. The van der Waals surface area contributed by atoms with Crippen molar-refractivity contribution in [2.24, 2.45) is 5.73 Å². The van der Waals surface area contributed by atoms with E-state index in [-0.39, 0.29) is 0 Å². The Kier molecular flexibility index (Phi) is 6.36. The van der Waals surface area contributed by atoms with Gasteiger partial charge in [0.2, 0.25) is 15.9 Å². The van der Waals surface area contributed by atoms with Gasteiger partial charge in [-0.15, -0.1) is 0 Å². The van der Waals surface area contributed by atoms with Gasteiger partial charge in [0.05, 0.1) is 4.90 Å². The van der Waals surface area contributed by atoms with E-state index in [1.165, 1.54) is 4.31 Å². The molecule has 1 fully saturated rings. The second kappa shape index (κ2) is 8.49. The molecule has 2 N–H and O–H groups in total. The second-order valence-corrected chi connectivity index (χ2v) is 9.98. The van der Waals surface area contributed by atoms with Gasteiger partial charge < -0.3 is 5.73 Å². The number of primary amides is 1. The number of hydrogen-bond donors (Lipinski definition) is 1. The van der Waals surface area contributed by atoms with Gasteiger partial charge in [0.1, 0.15) is 6.04 Å². The fraction of sp³-hybridized carbons (Fsp3) is 0.435. The number of nitrogens with zero attached hydrogens (tertiary/aromatic N) is 2. The molecule has 0 saturated carbocycles. The monoisotopic (exact) mass is 429 g/mol. The molecule has 2 aromatic rings. The summed E-state index contributed by atoms with van der Waals surface area (Å²) in [6, 6.07) is 8.84. The van der Waals surface area contributed by atoms with E-state index in [0.717, 1.165) is 33.4 Å². The van der Waals surface area contributed by atoms with Gasteiger partial charge in [0.25, 0.3) is 0 Å². The number of nitrogens with two attached hydrogens (primary N) is 1.